The molecular formula is C20H20FN5O5. The van der Waals surface area contributed by atoms with Crippen LogP contribution in [0.5, 0.6) is 5.75 Å². The van der Waals surface area contributed by atoms with E-state index >= 15 is 0 Å². The molecule has 0 unspecified atom stereocenters. The number of nitrogens with one attached hydrogen (secondary N) is 2. The summed E-state index contributed by atoms with van der Waals surface area (Å²) in [5, 5.41) is 16.3. The quantitative estimate of drug-likeness (QED) is 0.407. The van der Waals surface area contributed by atoms with Gasteiger partial charge in [0.25, 0.3) is 0 Å². The monoisotopic (exact) mass is 429 g/mol. The molecule has 0 bridgehead atoms. The molecule has 5 N–H and O–H groups in total. The Morgan fingerprint density at radius 3 is 2.77 bits per heavy atom. The first kappa shape index (κ1) is 21.6. The highest BCUT2D eigenvalue weighted by atomic mass is 19.1. The van der Waals surface area contributed by atoms with Crippen LogP contribution in [-0.2, 0) is 9.53 Å². The minimum Gasteiger partial charge on any atom is -0.507 e. The van der Waals surface area contributed by atoms with E-state index in [-0.39, 0.29) is 30.3 Å². The number of benzene rings is 2. The number of hydrazone groups is 1. The Labute approximate surface area is 176 Å². The van der Waals surface area contributed by atoms with Crippen LogP contribution in [0.4, 0.5) is 19.7 Å². The summed E-state index contributed by atoms with van der Waals surface area (Å²) in [4.78, 5) is 35.0. The van der Waals surface area contributed by atoms with Crippen LogP contribution in [0, 0.1) is 5.82 Å². The molecule has 0 aromatic heterocycles. The normalized spacial score (nSPS) is 15.7. The number of urea groups is 1. The second-order valence-corrected chi connectivity index (χ2v) is 6.73. The highest BCUT2D eigenvalue weighted by Gasteiger charge is 2.32. The summed E-state index contributed by atoms with van der Waals surface area (Å²) in [6.45, 7) is 1.70. The van der Waals surface area contributed by atoms with Gasteiger partial charge in [-0.05, 0) is 35.9 Å². The van der Waals surface area contributed by atoms with E-state index in [4.69, 9.17) is 10.5 Å². The summed E-state index contributed by atoms with van der Waals surface area (Å²) in [6, 6.07) is 7.79. The van der Waals surface area contributed by atoms with Crippen molar-refractivity contribution < 1.29 is 28.6 Å². The number of nitrogens with two attached hydrogens (primary N) is 1. The molecule has 0 saturated carbocycles. The number of primary amides is 1. The molecule has 1 atom stereocenters. The number of nitrogens with zero attached hydrogens (tertiary/aromatic N) is 2. The first-order valence-corrected chi connectivity index (χ1v) is 9.18. The van der Waals surface area contributed by atoms with Gasteiger partial charge in [0.15, 0.2) is 0 Å². The highest BCUT2D eigenvalue weighted by Crippen LogP contribution is 2.31. The predicted octanol–water partition coefficient (Wildman–Crippen LogP) is 1.66. The third-order valence-corrected chi connectivity index (χ3v) is 4.44. The number of phenols is 1. The largest absolute Gasteiger partial charge is 0.507 e. The van der Waals surface area contributed by atoms with E-state index in [2.05, 4.69) is 10.4 Å². The molecule has 0 spiro atoms. The summed E-state index contributed by atoms with van der Waals surface area (Å²) in [7, 11) is 0. The smallest absolute Gasteiger partial charge is 0.414 e. The van der Waals surface area contributed by atoms with Crippen molar-refractivity contribution in [3.8, 4) is 16.9 Å². The number of rotatable bonds is 6. The summed E-state index contributed by atoms with van der Waals surface area (Å²) in [5.41, 5.74) is 8.10. The van der Waals surface area contributed by atoms with E-state index in [1.165, 1.54) is 42.3 Å². The van der Waals surface area contributed by atoms with Crippen LogP contribution in [0.3, 0.4) is 0 Å². The van der Waals surface area contributed by atoms with Crippen molar-refractivity contribution in [1.82, 2.24) is 10.7 Å². The Balaban J connectivity index is 1.76. The molecule has 3 rings (SSSR count). The Morgan fingerprint density at radius 1 is 1.35 bits per heavy atom. The Kier molecular flexibility index (Phi) is 6.34. The average molecular weight is 429 g/mol. The molecule has 2 aromatic carbocycles. The summed E-state index contributed by atoms with van der Waals surface area (Å²) in [5.74, 6) is -1.03. The van der Waals surface area contributed by atoms with Crippen LogP contribution < -0.4 is 21.4 Å². The van der Waals surface area contributed by atoms with E-state index in [0.717, 1.165) is 0 Å². The molecule has 0 aliphatic carbocycles. The number of halogens is 1. The van der Waals surface area contributed by atoms with Gasteiger partial charge in [-0.1, -0.05) is 6.07 Å². The third-order valence-electron chi connectivity index (χ3n) is 4.44. The van der Waals surface area contributed by atoms with Crippen molar-refractivity contribution in [2.24, 2.45) is 10.8 Å². The molecule has 162 valence electrons. The first-order chi connectivity index (χ1) is 14.7. The molecule has 2 aromatic rings. The number of hydrogen-bond acceptors (Lipinski definition) is 6. The number of carbonyl (C=O) groups is 3. The molecular weight excluding hydrogens is 409 g/mol. The van der Waals surface area contributed by atoms with E-state index in [1.54, 1.807) is 12.1 Å². The van der Waals surface area contributed by atoms with Crippen LogP contribution in [0.15, 0.2) is 41.5 Å². The van der Waals surface area contributed by atoms with Gasteiger partial charge in [-0.15, -0.1) is 0 Å². The zero-order valence-electron chi connectivity index (χ0n) is 16.5. The van der Waals surface area contributed by atoms with Crippen molar-refractivity contribution in [1.29, 1.82) is 0 Å². The Hall–Kier alpha value is -4.15. The van der Waals surface area contributed by atoms with Crippen LogP contribution in [0.2, 0.25) is 0 Å². The fourth-order valence-electron chi connectivity index (χ4n) is 2.99. The van der Waals surface area contributed by atoms with E-state index in [1.807, 2.05) is 5.43 Å². The first-order valence-electron chi connectivity index (χ1n) is 9.18. The summed E-state index contributed by atoms with van der Waals surface area (Å²) < 4.78 is 20.0. The Morgan fingerprint density at radius 2 is 2.13 bits per heavy atom. The second kappa shape index (κ2) is 9.11. The average Bonchev–Trinajstić information content (AvgIpc) is 3.08. The number of carbonyl (C=O) groups excluding carboxylic acids is 3. The highest BCUT2D eigenvalue weighted by molar-refractivity contribution is 5.90. The molecule has 1 saturated heterocycles. The van der Waals surface area contributed by atoms with Crippen LogP contribution >= 0.6 is 0 Å². The second-order valence-electron chi connectivity index (χ2n) is 6.73. The van der Waals surface area contributed by atoms with E-state index in [0.29, 0.717) is 16.8 Å². The van der Waals surface area contributed by atoms with Crippen molar-refractivity contribution in [3.05, 3.63) is 47.8 Å². The zero-order valence-corrected chi connectivity index (χ0v) is 16.5. The molecule has 11 heteroatoms. The number of ether oxygens (including phenoxy) is 1. The topological polar surface area (TPSA) is 146 Å². The summed E-state index contributed by atoms with van der Waals surface area (Å²) in [6.07, 6.45) is 0.0300. The summed E-state index contributed by atoms with van der Waals surface area (Å²) >= 11 is 0. The van der Waals surface area contributed by atoms with Gasteiger partial charge in [-0.3, -0.25) is 9.69 Å². The van der Waals surface area contributed by atoms with Gasteiger partial charge < -0.3 is 20.9 Å². The van der Waals surface area contributed by atoms with Crippen molar-refractivity contribution in [2.75, 3.05) is 18.0 Å². The molecule has 10 nitrogen and oxygen atoms in total. The van der Waals surface area contributed by atoms with Crippen LogP contribution in [0.25, 0.3) is 11.1 Å². The predicted molar refractivity (Wildman–Crippen MR) is 110 cm³/mol. The minimum absolute atomic E-state index is 0.169. The standard InChI is InChI=1S/C20H20FN5O5/c1-11(27)23-9-15-10-26(20(30)31-15)14-4-5-16(17(21)7-14)12-2-3-13(18(28)6-12)8-24-25-19(22)29/h2-8,15,28H,9-10H2,1H3,(H,23,27)(H3,22,25,29)/t15-/m0/s1. The van der Waals surface area contributed by atoms with Crippen molar-refractivity contribution >= 4 is 29.9 Å². The molecule has 1 aliphatic rings. The van der Waals surface area contributed by atoms with E-state index in [9.17, 15) is 23.9 Å². The molecule has 1 aliphatic heterocycles. The van der Waals surface area contributed by atoms with Crippen LogP contribution in [-0.4, -0.2) is 48.5 Å². The molecule has 31 heavy (non-hydrogen) atoms. The molecule has 1 fully saturated rings. The van der Waals surface area contributed by atoms with Gasteiger partial charge in [-0.25, -0.2) is 19.4 Å². The lowest BCUT2D eigenvalue weighted by molar-refractivity contribution is -0.119. The number of anilines is 1. The van der Waals surface area contributed by atoms with Gasteiger partial charge in [-0.2, -0.15) is 5.10 Å². The maximum Gasteiger partial charge on any atom is 0.414 e. The number of hydrogen-bond donors (Lipinski definition) is 4. The van der Waals surface area contributed by atoms with Gasteiger partial charge in [0.05, 0.1) is 25.0 Å². The molecule has 0 radical (unpaired) electrons. The lowest BCUT2D eigenvalue weighted by Crippen LogP contribution is -2.33. The van der Waals surface area contributed by atoms with Gasteiger partial charge >= 0.3 is 12.1 Å². The van der Waals surface area contributed by atoms with Crippen LogP contribution in [0.1, 0.15) is 12.5 Å². The number of amides is 4. The molecule has 4 amide bonds. The third kappa shape index (κ3) is 5.26. The number of cyclic esters (lactones) is 1. The zero-order chi connectivity index (χ0) is 22.5. The minimum atomic E-state index is -0.849. The van der Waals surface area contributed by atoms with E-state index < -0.39 is 24.0 Å². The molecule has 1 heterocycles. The van der Waals surface area contributed by atoms with Gasteiger partial charge in [0, 0.05) is 18.1 Å². The van der Waals surface area contributed by atoms with Gasteiger partial charge in [0.2, 0.25) is 5.91 Å². The fraction of sp³-hybridized carbons (Fsp3) is 0.200. The Bertz CT molecular complexity index is 1060. The number of aromatic hydroxyl groups is 1. The van der Waals surface area contributed by atoms with Crippen molar-refractivity contribution in [3.63, 3.8) is 0 Å². The SMILES string of the molecule is CC(=O)NC[C@H]1CN(c2ccc(-c3ccc(C=NNC(N)=O)c(O)c3)c(F)c2)C(=O)O1. The van der Waals surface area contributed by atoms with Gasteiger partial charge in [0.1, 0.15) is 17.7 Å². The lowest BCUT2D eigenvalue weighted by Gasteiger charge is -2.15. The fourth-order valence-corrected chi connectivity index (χ4v) is 2.99. The lowest BCUT2D eigenvalue weighted by atomic mass is 10.0. The maximum absolute atomic E-state index is 14.8. The van der Waals surface area contributed by atoms with Crippen molar-refractivity contribution in [2.45, 2.75) is 13.0 Å². The maximum atomic E-state index is 14.8. The number of phenolic OH excluding ortho intramolecular Hbond substituents is 1.